The number of anilines is 3. The van der Waals surface area contributed by atoms with E-state index in [0.29, 0.717) is 10.8 Å². The summed E-state index contributed by atoms with van der Waals surface area (Å²) in [7, 11) is 0. The van der Waals surface area contributed by atoms with Crippen LogP contribution in [-0.4, -0.2) is 31.1 Å². The first-order valence-electron chi connectivity index (χ1n) is 11.3. The number of nitro benzene ring substituents is 1. The normalized spacial score (nSPS) is 20.3. The lowest BCUT2D eigenvalue weighted by atomic mass is 10.1. The van der Waals surface area contributed by atoms with Gasteiger partial charge in [0.05, 0.1) is 16.3 Å². The SMILES string of the molecule is C.C.Nc1ccc(N2CCC3(CC3)C2)c(Br)c1.O=[N+]([O-])c1ccc(N2CCC3(CC3)C2)c(Br)c1. The number of hydrogen-bond donors (Lipinski definition) is 1. The second-order valence-electron chi connectivity index (χ2n) is 9.95. The maximum atomic E-state index is 10.7. The predicted molar refractivity (Wildman–Crippen MR) is 150 cm³/mol. The highest BCUT2D eigenvalue weighted by Gasteiger charge is 2.48. The fourth-order valence-electron chi connectivity index (χ4n) is 5.10. The third kappa shape index (κ3) is 5.54. The minimum atomic E-state index is -0.360. The molecule has 2 aliphatic carbocycles. The second kappa shape index (κ2) is 10.1. The molecule has 2 aliphatic heterocycles. The molecule has 0 amide bonds. The van der Waals surface area contributed by atoms with Crippen LogP contribution in [0.5, 0.6) is 0 Å². The fourth-order valence-corrected chi connectivity index (χ4v) is 6.36. The highest BCUT2D eigenvalue weighted by atomic mass is 79.9. The lowest BCUT2D eigenvalue weighted by Crippen LogP contribution is -2.20. The molecule has 2 spiro atoms. The van der Waals surface area contributed by atoms with E-state index < -0.39 is 0 Å². The molecule has 186 valence electrons. The van der Waals surface area contributed by atoms with Gasteiger partial charge in [-0.1, -0.05) is 14.9 Å². The monoisotopic (exact) mass is 594 g/mol. The molecule has 0 bridgehead atoms. The Morgan fingerprint density at radius 2 is 1.26 bits per heavy atom. The number of rotatable bonds is 3. The molecule has 2 saturated carbocycles. The van der Waals surface area contributed by atoms with Gasteiger partial charge >= 0.3 is 0 Å². The van der Waals surface area contributed by atoms with Crippen molar-refractivity contribution in [2.45, 2.75) is 53.4 Å². The van der Waals surface area contributed by atoms with E-state index >= 15 is 0 Å². The summed E-state index contributed by atoms with van der Waals surface area (Å²) in [4.78, 5) is 15.1. The summed E-state index contributed by atoms with van der Waals surface area (Å²) in [6.07, 6.45) is 8.16. The van der Waals surface area contributed by atoms with Gasteiger partial charge in [0.15, 0.2) is 0 Å². The van der Waals surface area contributed by atoms with Crippen LogP contribution >= 0.6 is 31.9 Å². The summed E-state index contributed by atoms with van der Waals surface area (Å²) in [5, 5.41) is 10.7. The summed E-state index contributed by atoms with van der Waals surface area (Å²) in [6.45, 7) is 4.60. The van der Waals surface area contributed by atoms with Crippen LogP contribution in [0.25, 0.3) is 0 Å². The van der Waals surface area contributed by atoms with Gasteiger partial charge in [-0.25, -0.2) is 0 Å². The number of benzene rings is 2. The van der Waals surface area contributed by atoms with E-state index in [9.17, 15) is 10.1 Å². The van der Waals surface area contributed by atoms with E-state index in [1.807, 2.05) is 18.2 Å². The second-order valence-corrected chi connectivity index (χ2v) is 11.7. The van der Waals surface area contributed by atoms with Crippen LogP contribution in [-0.2, 0) is 0 Å². The molecular formula is C26H36Br2N4O2. The van der Waals surface area contributed by atoms with Gasteiger partial charge in [-0.3, -0.25) is 10.1 Å². The zero-order valence-corrected chi connectivity index (χ0v) is 21.2. The topological polar surface area (TPSA) is 75.6 Å². The first-order valence-corrected chi connectivity index (χ1v) is 12.9. The third-order valence-electron chi connectivity index (χ3n) is 7.59. The van der Waals surface area contributed by atoms with Crippen molar-refractivity contribution in [1.82, 2.24) is 0 Å². The number of nitrogen functional groups attached to an aromatic ring is 1. The van der Waals surface area contributed by atoms with Crippen molar-refractivity contribution in [1.29, 1.82) is 0 Å². The summed E-state index contributed by atoms with van der Waals surface area (Å²) in [5.41, 5.74) is 10.3. The predicted octanol–water partition coefficient (Wildman–Crippen LogP) is 7.64. The lowest BCUT2D eigenvalue weighted by Gasteiger charge is -2.20. The van der Waals surface area contributed by atoms with Gasteiger partial charge in [-0.05, 0) is 105 Å². The summed E-state index contributed by atoms with van der Waals surface area (Å²) in [6, 6.07) is 11.1. The molecule has 6 nitrogen and oxygen atoms in total. The van der Waals surface area contributed by atoms with Gasteiger partial charge in [0, 0.05) is 52.9 Å². The zero-order valence-electron chi connectivity index (χ0n) is 18.0. The van der Waals surface area contributed by atoms with Crippen LogP contribution in [0.3, 0.4) is 0 Å². The van der Waals surface area contributed by atoms with Crippen LogP contribution < -0.4 is 15.5 Å². The van der Waals surface area contributed by atoms with Crippen molar-refractivity contribution in [3.05, 3.63) is 55.5 Å². The lowest BCUT2D eigenvalue weighted by molar-refractivity contribution is -0.384. The Kier molecular flexibility index (Phi) is 7.92. The van der Waals surface area contributed by atoms with Crippen molar-refractivity contribution in [2.24, 2.45) is 10.8 Å². The molecule has 4 fully saturated rings. The summed E-state index contributed by atoms with van der Waals surface area (Å²) < 4.78 is 1.95. The Bertz CT molecular complexity index is 1050. The van der Waals surface area contributed by atoms with Gasteiger partial charge in [0.25, 0.3) is 5.69 Å². The Balaban J connectivity index is 0.000000181. The highest BCUT2D eigenvalue weighted by molar-refractivity contribution is 9.11. The number of nitrogens with zero attached hydrogens (tertiary/aromatic N) is 3. The molecule has 34 heavy (non-hydrogen) atoms. The van der Waals surface area contributed by atoms with Gasteiger partial charge in [-0.2, -0.15) is 0 Å². The fraction of sp³-hybridized carbons (Fsp3) is 0.538. The molecule has 8 heteroatoms. The Labute approximate surface area is 220 Å². The van der Waals surface area contributed by atoms with Crippen LogP contribution in [0.15, 0.2) is 45.3 Å². The highest BCUT2D eigenvalue weighted by Crippen LogP contribution is 2.54. The quantitative estimate of drug-likeness (QED) is 0.224. The van der Waals surface area contributed by atoms with Gasteiger partial charge in [0.1, 0.15) is 0 Å². The molecule has 2 saturated heterocycles. The minimum absolute atomic E-state index is 0. The Hall–Kier alpha value is -1.80. The average molecular weight is 596 g/mol. The van der Waals surface area contributed by atoms with Crippen molar-refractivity contribution < 1.29 is 4.92 Å². The minimum Gasteiger partial charge on any atom is -0.399 e. The maximum Gasteiger partial charge on any atom is 0.270 e. The molecule has 4 aliphatic rings. The van der Waals surface area contributed by atoms with Gasteiger partial charge in [-0.15, -0.1) is 0 Å². The first kappa shape index (κ1) is 26.8. The molecule has 0 aromatic heterocycles. The molecule has 0 atom stereocenters. The van der Waals surface area contributed by atoms with E-state index in [-0.39, 0.29) is 25.5 Å². The number of halogens is 2. The van der Waals surface area contributed by atoms with E-state index in [0.717, 1.165) is 33.4 Å². The molecule has 6 rings (SSSR count). The summed E-state index contributed by atoms with van der Waals surface area (Å²) >= 11 is 7.03. The van der Waals surface area contributed by atoms with Crippen molar-refractivity contribution in [2.75, 3.05) is 41.7 Å². The smallest absolute Gasteiger partial charge is 0.270 e. The molecule has 2 N–H and O–H groups in total. The van der Waals surface area contributed by atoms with Gasteiger partial charge < -0.3 is 15.5 Å². The molecule has 0 unspecified atom stereocenters. The number of nitrogens with two attached hydrogens (primary N) is 1. The molecule has 2 aromatic carbocycles. The van der Waals surface area contributed by atoms with Crippen LogP contribution in [0.2, 0.25) is 0 Å². The van der Waals surface area contributed by atoms with Gasteiger partial charge in [0.2, 0.25) is 0 Å². The van der Waals surface area contributed by atoms with E-state index in [1.54, 1.807) is 12.1 Å². The third-order valence-corrected chi connectivity index (χ3v) is 8.86. The Morgan fingerprint density at radius 1 is 0.794 bits per heavy atom. The van der Waals surface area contributed by atoms with Crippen molar-refractivity contribution in [3.8, 4) is 0 Å². The van der Waals surface area contributed by atoms with E-state index in [1.165, 1.54) is 57.3 Å². The molecule has 0 radical (unpaired) electrons. The average Bonchev–Trinajstić information content (AvgIpc) is 3.58. The molecule has 2 aromatic rings. The molecular weight excluding hydrogens is 560 g/mol. The largest absolute Gasteiger partial charge is 0.399 e. The van der Waals surface area contributed by atoms with Crippen LogP contribution in [0.4, 0.5) is 22.7 Å². The standard InChI is InChI=1S/C12H13BrN2O2.C12H15BrN2.2CH4/c13-10-7-9(15(16)17)1-2-11(10)14-6-5-12(8-14)3-4-12;13-10-7-9(14)1-2-11(10)15-6-5-12(8-15)3-4-12;;/h1-2,7H,3-6,8H2;1-2,7H,3-6,8,14H2;2*1H4. The van der Waals surface area contributed by atoms with Crippen LogP contribution in [0.1, 0.15) is 53.4 Å². The number of non-ortho nitro benzene ring substituents is 1. The zero-order chi connectivity index (χ0) is 22.5. The van der Waals surface area contributed by atoms with Crippen LogP contribution in [0, 0.1) is 20.9 Å². The molecule has 2 heterocycles. The van der Waals surface area contributed by atoms with E-state index in [2.05, 4.69) is 47.7 Å². The summed E-state index contributed by atoms with van der Waals surface area (Å²) in [5.74, 6) is 0. The van der Waals surface area contributed by atoms with E-state index in [4.69, 9.17) is 5.73 Å². The van der Waals surface area contributed by atoms with Crippen molar-refractivity contribution >= 4 is 54.6 Å². The van der Waals surface area contributed by atoms with Crippen molar-refractivity contribution in [3.63, 3.8) is 0 Å². The first-order chi connectivity index (χ1) is 15.3. The number of hydrogen-bond acceptors (Lipinski definition) is 5. The number of nitro groups is 1. The Morgan fingerprint density at radius 3 is 1.65 bits per heavy atom. The maximum absolute atomic E-state index is 10.7.